The first-order chi connectivity index (χ1) is 11.7. The van der Waals surface area contributed by atoms with Crippen LogP contribution in [0.4, 0.5) is 0 Å². The predicted octanol–water partition coefficient (Wildman–Crippen LogP) is 1.78. The normalized spacial score (nSPS) is 15.8. The van der Waals surface area contributed by atoms with E-state index in [0.29, 0.717) is 43.5 Å². The van der Waals surface area contributed by atoms with Gasteiger partial charge in [-0.3, -0.25) is 14.5 Å². The molecule has 1 aliphatic rings. The molecule has 1 fully saturated rings. The molecule has 2 rings (SSSR count). The maximum atomic E-state index is 12.2. The zero-order valence-electron chi connectivity index (χ0n) is 15.0. The molecule has 1 N–H and O–H groups in total. The standard InChI is InChI=1S/C18H26ClN3O3/c1-18(2,3)20-16(23)12-21-8-10-22(11-9-21)17(24)13-25-15-6-4-14(19)5-7-15/h4-7H,8-13H2,1-3H3,(H,20,23). The molecular formula is C18H26ClN3O3. The Bertz CT molecular complexity index is 591. The van der Waals surface area contributed by atoms with Gasteiger partial charge in [0.2, 0.25) is 5.91 Å². The Balaban J connectivity index is 1.71. The fraction of sp³-hybridized carbons (Fsp3) is 0.556. The monoisotopic (exact) mass is 367 g/mol. The third-order valence-electron chi connectivity index (χ3n) is 3.78. The van der Waals surface area contributed by atoms with E-state index in [1.54, 1.807) is 29.2 Å². The fourth-order valence-corrected chi connectivity index (χ4v) is 2.71. The Morgan fingerprint density at radius 3 is 2.28 bits per heavy atom. The predicted molar refractivity (Wildman–Crippen MR) is 97.9 cm³/mol. The molecule has 0 bridgehead atoms. The van der Waals surface area contributed by atoms with Gasteiger partial charge in [0, 0.05) is 36.7 Å². The van der Waals surface area contributed by atoms with Gasteiger partial charge in [-0.25, -0.2) is 0 Å². The zero-order valence-corrected chi connectivity index (χ0v) is 15.8. The van der Waals surface area contributed by atoms with Crippen LogP contribution < -0.4 is 10.1 Å². The quantitative estimate of drug-likeness (QED) is 0.861. The summed E-state index contributed by atoms with van der Waals surface area (Å²) in [4.78, 5) is 28.0. The second-order valence-corrected chi connectivity index (χ2v) is 7.63. The van der Waals surface area contributed by atoms with Crippen molar-refractivity contribution in [1.82, 2.24) is 15.1 Å². The Morgan fingerprint density at radius 2 is 1.72 bits per heavy atom. The van der Waals surface area contributed by atoms with Gasteiger partial charge >= 0.3 is 0 Å². The smallest absolute Gasteiger partial charge is 0.260 e. The lowest BCUT2D eigenvalue weighted by atomic mass is 10.1. The van der Waals surface area contributed by atoms with Gasteiger partial charge in [0.25, 0.3) is 5.91 Å². The number of hydrogen-bond donors (Lipinski definition) is 1. The summed E-state index contributed by atoms with van der Waals surface area (Å²) in [6.07, 6.45) is 0. The molecule has 138 valence electrons. The highest BCUT2D eigenvalue weighted by Crippen LogP contribution is 2.15. The van der Waals surface area contributed by atoms with Gasteiger partial charge in [-0.05, 0) is 45.0 Å². The maximum absolute atomic E-state index is 12.2. The van der Waals surface area contributed by atoms with E-state index in [-0.39, 0.29) is 24.0 Å². The summed E-state index contributed by atoms with van der Waals surface area (Å²) in [5.41, 5.74) is -0.228. The molecule has 0 atom stereocenters. The summed E-state index contributed by atoms with van der Waals surface area (Å²) >= 11 is 5.82. The maximum Gasteiger partial charge on any atom is 0.260 e. The Kier molecular flexibility index (Phi) is 6.67. The van der Waals surface area contributed by atoms with Crippen molar-refractivity contribution in [1.29, 1.82) is 0 Å². The largest absolute Gasteiger partial charge is 0.484 e. The molecule has 0 aliphatic carbocycles. The zero-order chi connectivity index (χ0) is 18.4. The molecule has 1 aromatic rings. The van der Waals surface area contributed by atoms with Crippen molar-refractivity contribution in [2.45, 2.75) is 26.3 Å². The topological polar surface area (TPSA) is 61.9 Å². The van der Waals surface area contributed by atoms with Crippen LogP contribution in [0, 0.1) is 0 Å². The number of hydrogen-bond acceptors (Lipinski definition) is 4. The van der Waals surface area contributed by atoms with Gasteiger partial charge in [-0.2, -0.15) is 0 Å². The van der Waals surface area contributed by atoms with Crippen molar-refractivity contribution in [2.75, 3.05) is 39.3 Å². The summed E-state index contributed by atoms with van der Waals surface area (Å²) in [5.74, 6) is 0.585. The lowest BCUT2D eigenvalue weighted by Gasteiger charge is -2.34. The van der Waals surface area contributed by atoms with Crippen LogP contribution in [-0.2, 0) is 9.59 Å². The van der Waals surface area contributed by atoms with Gasteiger partial charge in [0.1, 0.15) is 5.75 Å². The van der Waals surface area contributed by atoms with Crippen molar-refractivity contribution >= 4 is 23.4 Å². The Hall–Kier alpha value is -1.79. The molecule has 0 unspecified atom stereocenters. The van der Waals surface area contributed by atoms with E-state index in [0.717, 1.165) is 0 Å². The van der Waals surface area contributed by atoms with Crippen LogP contribution >= 0.6 is 11.6 Å². The molecule has 1 aromatic carbocycles. The van der Waals surface area contributed by atoms with Crippen molar-refractivity contribution in [3.05, 3.63) is 29.3 Å². The van der Waals surface area contributed by atoms with Crippen LogP contribution in [0.5, 0.6) is 5.75 Å². The van der Waals surface area contributed by atoms with Crippen LogP contribution in [0.25, 0.3) is 0 Å². The summed E-state index contributed by atoms with van der Waals surface area (Å²) in [7, 11) is 0. The number of carbonyl (C=O) groups excluding carboxylic acids is 2. The van der Waals surface area contributed by atoms with Crippen molar-refractivity contribution < 1.29 is 14.3 Å². The summed E-state index contributed by atoms with van der Waals surface area (Å²) in [6.45, 7) is 8.82. The second-order valence-electron chi connectivity index (χ2n) is 7.20. The van der Waals surface area contributed by atoms with Gasteiger partial charge in [-0.1, -0.05) is 11.6 Å². The summed E-state index contributed by atoms with van der Waals surface area (Å²) in [5, 5.41) is 3.58. The molecule has 7 heteroatoms. The molecule has 1 heterocycles. The molecule has 1 saturated heterocycles. The first kappa shape index (κ1) is 19.5. The highest BCUT2D eigenvalue weighted by Gasteiger charge is 2.23. The molecular weight excluding hydrogens is 342 g/mol. The average Bonchev–Trinajstić information content (AvgIpc) is 2.53. The Morgan fingerprint density at radius 1 is 1.12 bits per heavy atom. The number of benzene rings is 1. The lowest BCUT2D eigenvalue weighted by Crippen LogP contribution is -2.53. The highest BCUT2D eigenvalue weighted by molar-refractivity contribution is 6.30. The van der Waals surface area contributed by atoms with Crippen molar-refractivity contribution in [3.8, 4) is 5.75 Å². The minimum atomic E-state index is -0.228. The molecule has 2 amide bonds. The number of rotatable bonds is 5. The summed E-state index contributed by atoms with van der Waals surface area (Å²) < 4.78 is 5.49. The van der Waals surface area contributed by atoms with Crippen LogP contribution in [0.1, 0.15) is 20.8 Å². The van der Waals surface area contributed by atoms with Crippen LogP contribution in [0.15, 0.2) is 24.3 Å². The number of amides is 2. The van der Waals surface area contributed by atoms with Crippen LogP contribution in [0.2, 0.25) is 5.02 Å². The molecule has 1 aliphatic heterocycles. The second kappa shape index (κ2) is 8.54. The minimum absolute atomic E-state index is 0.00609. The van der Waals surface area contributed by atoms with E-state index < -0.39 is 0 Å². The first-order valence-corrected chi connectivity index (χ1v) is 8.80. The highest BCUT2D eigenvalue weighted by atomic mass is 35.5. The van der Waals surface area contributed by atoms with Crippen LogP contribution in [0.3, 0.4) is 0 Å². The van der Waals surface area contributed by atoms with Crippen molar-refractivity contribution in [2.24, 2.45) is 0 Å². The van der Waals surface area contributed by atoms with Gasteiger partial charge in [-0.15, -0.1) is 0 Å². The van der Waals surface area contributed by atoms with Gasteiger partial charge in [0.15, 0.2) is 6.61 Å². The van der Waals surface area contributed by atoms with Gasteiger partial charge in [0.05, 0.1) is 6.54 Å². The number of carbonyl (C=O) groups is 2. The molecule has 25 heavy (non-hydrogen) atoms. The number of halogens is 1. The molecule has 6 nitrogen and oxygen atoms in total. The van der Waals surface area contributed by atoms with E-state index >= 15 is 0 Å². The van der Waals surface area contributed by atoms with E-state index in [1.807, 2.05) is 20.8 Å². The summed E-state index contributed by atoms with van der Waals surface area (Å²) in [6, 6.07) is 6.92. The average molecular weight is 368 g/mol. The Labute approximate surface area is 154 Å². The third-order valence-corrected chi connectivity index (χ3v) is 4.03. The minimum Gasteiger partial charge on any atom is -0.484 e. The van der Waals surface area contributed by atoms with Gasteiger partial charge < -0.3 is 15.0 Å². The fourth-order valence-electron chi connectivity index (χ4n) is 2.58. The SMILES string of the molecule is CC(C)(C)NC(=O)CN1CCN(C(=O)COc2ccc(Cl)cc2)CC1. The van der Waals surface area contributed by atoms with E-state index in [4.69, 9.17) is 16.3 Å². The van der Waals surface area contributed by atoms with E-state index in [1.165, 1.54) is 0 Å². The number of nitrogens with zero attached hydrogens (tertiary/aromatic N) is 2. The number of nitrogens with one attached hydrogen (secondary N) is 1. The molecule has 0 saturated carbocycles. The number of piperazine rings is 1. The third kappa shape index (κ3) is 6.92. The van der Waals surface area contributed by atoms with Crippen molar-refractivity contribution in [3.63, 3.8) is 0 Å². The molecule has 0 radical (unpaired) electrons. The van der Waals surface area contributed by atoms with Crippen LogP contribution in [-0.4, -0.2) is 66.5 Å². The molecule has 0 spiro atoms. The number of ether oxygens (including phenoxy) is 1. The van der Waals surface area contributed by atoms with E-state index in [2.05, 4.69) is 10.2 Å². The molecule has 0 aromatic heterocycles. The lowest BCUT2D eigenvalue weighted by molar-refractivity contribution is -0.135. The van der Waals surface area contributed by atoms with E-state index in [9.17, 15) is 9.59 Å². The first-order valence-electron chi connectivity index (χ1n) is 8.42.